The molecule has 0 radical (unpaired) electrons. The van der Waals surface area contributed by atoms with Crippen LogP contribution in [-0.2, 0) is 0 Å². The molecule has 2 aromatic carbocycles. The number of phenolic OH excluding ortho intramolecular Hbond substituents is 1. The molecule has 21 heavy (non-hydrogen) atoms. The standard InChI is InChI=1S/C15H13BrN2O3/c1-21-13-5-2-10(3-6-13)15(20)18-17-9-11-8-12(19)4-7-14(11)16/h2-9,19H,1H3,(H,18,20)/b17-9+. The first kappa shape index (κ1) is 15.1. The number of benzene rings is 2. The molecule has 5 nitrogen and oxygen atoms in total. The second-order valence-corrected chi connectivity index (χ2v) is 4.99. The van der Waals surface area contributed by atoms with Gasteiger partial charge in [-0.25, -0.2) is 5.43 Å². The van der Waals surface area contributed by atoms with Crippen LogP contribution in [0.1, 0.15) is 15.9 Å². The number of aromatic hydroxyl groups is 1. The minimum atomic E-state index is -0.329. The highest BCUT2D eigenvalue weighted by Crippen LogP contribution is 2.19. The van der Waals surface area contributed by atoms with E-state index in [0.29, 0.717) is 16.9 Å². The molecule has 6 heteroatoms. The number of nitrogens with one attached hydrogen (secondary N) is 1. The van der Waals surface area contributed by atoms with Crippen molar-refractivity contribution in [3.63, 3.8) is 0 Å². The van der Waals surface area contributed by atoms with E-state index in [9.17, 15) is 9.90 Å². The molecule has 2 rings (SSSR count). The number of hydrogen-bond donors (Lipinski definition) is 2. The van der Waals surface area contributed by atoms with Crippen molar-refractivity contribution in [3.05, 3.63) is 58.1 Å². The van der Waals surface area contributed by atoms with Crippen LogP contribution in [0.3, 0.4) is 0 Å². The molecule has 0 saturated heterocycles. The molecule has 1 amide bonds. The van der Waals surface area contributed by atoms with Crippen LogP contribution >= 0.6 is 15.9 Å². The summed E-state index contributed by atoms with van der Waals surface area (Å²) in [5, 5.41) is 13.3. The molecule has 0 aliphatic rings. The van der Waals surface area contributed by atoms with Crippen LogP contribution in [0.4, 0.5) is 0 Å². The normalized spacial score (nSPS) is 10.6. The van der Waals surface area contributed by atoms with E-state index in [4.69, 9.17) is 4.74 Å². The maximum absolute atomic E-state index is 11.9. The van der Waals surface area contributed by atoms with Crippen LogP contribution in [0, 0.1) is 0 Å². The summed E-state index contributed by atoms with van der Waals surface area (Å²) in [6.45, 7) is 0. The predicted octanol–water partition coefficient (Wildman–Crippen LogP) is 2.93. The van der Waals surface area contributed by atoms with Crippen molar-refractivity contribution in [2.24, 2.45) is 5.10 Å². The predicted molar refractivity (Wildman–Crippen MR) is 83.9 cm³/mol. The van der Waals surface area contributed by atoms with Crippen LogP contribution in [-0.4, -0.2) is 24.3 Å². The SMILES string of the molecule is COc1ccc(C(=O)N/N=C/c2cc(O)ccc2Br)cc1. The van der Waals surface area contributed by atoms with Gasteiger partial charge in [0.2, 0.25) is 0 Å². The van der Waals surface area contributed by atoms with E-state index in [1.54, 1.807) is 43.5 Å². The Labute approximate surface area is 130 Å². The monoisotopic (exact) mass is 348 g/mol. The topological polar surface area (TPSA) is 70.9 Å². The van der Waals surface area contributed by atoms with Gasteiger partial charge in [0.15, 0.2) is 0 Å². The van der Waals surface area contributed by atoms with Gasteiger partial charge in [0.1, 0.15) is 11.5 Å². The lowest BCUT2D eigenvalue weighted by atomic mass is 10.2. The molecule has 0 atom stereocenters. The number of hydrazone groups is 1. The number of ether oxygens (including phenoxy) is 1. The van der Waals surface area contributed by atoms with Crippen molar-refractivity contribution in [1.82, 2.24) is 5.43 Å². The average Bonchev–Trinajstić information content (AvgIpc) is 2.50. The zero-order chi connectivity index (χ0) is 15.2. The molecule has 108 valence electrons. The van der Waals surface area contributed by atoms with Crippen molar-refractivity contribution in [1.29, 1.82) is 0 Å². The smallest absolute Gasteiger partial charge is 0.271 e. The van der Waals surface area contributed by atoms with Crippen LogP contribution in [0.2, 0.25) is 0 Å². The fourth-order valence-electron chi connectivity index (χ4n) is 1.60. The van der Waals surface area contributed by atoms with Gasteiger partial charge in [0, 0.05) is 15.6 Å². The summed E-state index contributed by atoms with van der Waals surface area (Å²) in [5.41, 5.74) is 3.55. The summed E-state index contributed by atoms with van der Waals surface area (Å²) in [7, 11) is 1.56. The van der Waals surface area contributed by atoms with E-state index in [-0.39, 0.29) is 11.7 Å². The molecule has 0 bridgehead atoms. The lowest BCUT2D eigenvalue weighted by molar-refractivity contribution is 0.0955. The summed E-state index contributed by atoms with van der Waals surface area (Å²) >= 11 is 3.33. The number of rotatable bonds is 4. The molecule has 0 aromatic heterocycles. The molecular weight excluding hydrogens is 336 g/mol. The number of carbonyl (C=O) groups excluding carboxylic acids is 1. The van der Waals surface area contributed by atoms with Gasteiger partial charge in [-0.1, -0.05) is 15.9 Å². The zero-order valence-corrected chi connectivity index (χ0v) is 12.8. The molecule has 0 aliphatic heterocycles. The summed E-state index contributed by atoms with van der Waals surface area (Å²) in [6.07, 6.45) is 1.45. The van der Waals surface area contributed by atoms with Gasteiger partial charge >= 0.3 is 0 Å². The average molecular weight is 349 g/mol. The number of nitrogens with zero attached hydrogens (tertiary/aromatic N) is 1. The Morgan fingerprint density at radius 1 is 1.29 bits per heavy atom. The Hall–Kier alpha value is -2.34. The largest absolute Gasteiger partial charge is 0.508 e. The van der Waals surface area contributed by atoms with Crippen LogP contribution in [0.5, 0.6) is 11.5 Å². The van der Waals surface area contributed by atoms with Crippen molar-refractivity contribution in [2.75, 3.05) is 7.11 Å². The first-order valence-electron chi connectivity index (χ1n) is 6.06. The maximum atomic E-state index is 11.9. The number of phenols is 1. The fourth-order valence-corrected chi connectivity index (χ4v) is 1.95. The van der Waals surface area contributed by atoms with E-state index in [2.05, 4.69) is 26.5 Å². The maximum Gasteiger partial charge on any atom is 0.271 e. The van der Waals surface area contributed by atoms with E-state index >= 15 is 0 Å². The highest BCUT2D eigenvalue weighted by Gasteiger charge is 2.04. The lowest BCUT2D eigenvalue weighted by Gasteiger charge is -2.02. The van der Waals surface area contributed by atoms with Gasteiger partial charge in [-0.15, -0.1) is 0 Å². The summed E-state index contributed by atoms with van der Waals surface area (Å²) in [5.74, 6) is 0.477. The molecule has 2 N–H and O–H groups in total. The Balaban J connectivity index is 2.02. The molecule has 0 unspecified atom stereocenters. The molecule has 0 spiro atoms. The second-order valence-electron chi connectivity index (χ2n) is 4.13. The Bertz CT molecular complexity index is 669. The fraction of sp³-hybridized carbons (Fsp3) is 0.0667. The van der Waals surface area contributed by atoms with E-state index in [1.807, 2.05) is 0 Å². The van der Waals surface area contributed by atoms with Gasteiger partial charge in [-0.3, -0.25) is 4.79 Å². The van der Waals surface area contributed by atoms with Crippen LogP contribution < -0.4 is 10.2 Å². The van der Waals surface area contributed by atoms with Gasteiger partial charge in [-0.05, 0) is 42.5 Å². The number of amides is 1. The van der Waals surface area contributed by atoms with Crippen molar-refractivity contribution >= 4 is 28.1 Å². The van der Waals surface area contributed by atoms with Crippen LogP contribution in [0.15, 0.2) is 52.0 Å². The first-order chi connectivity index (χ1) is 10.1. The van der Waals surface area contributed by atoms with E-state index in [1.165, 1.54) is 12.3 Å². The number of halogens is 1. The highest BCUT2D eigenvalue weighted by molar-refractivity contribution is 9.10. The lowest BCUT2D eigenvalue weighted by Crippen LogP contribution is -2.17. The third-order valence-electron chi connectivity index (χ3n) is 2.70. The van der Waals surface area contributed by atoms with Crippen LogP contribution in [0.25, 0.3) is 0 Å². The minimum absolute atomic E-state index is 0.126. The first-order valence-corrected chi connectivity index (χ1v) is 6.85. The van der Waals surface area contributed by atoms with E-state index in [0.717, 1.165) is 4.47 Å². The number of carbonyl (C=O) groups is 1. The zero-order valence-electron chi connectivity index (χ0n) is 11.2. The van der Waals surface area contributed by atoms with Gasteiger partial charge in [-0.2, -0.15) is 5.10 Å². The number of methoxy groups -OCH3 is 1. The quantitative estimate of drug-likeness (QED) is 0.659. The van der Waals surface area contributed by atoms with E-state index < -0.39 is 0 Å². The summed E-state index contributed by atoms with van der Waals surface area (Å²) in [6, 6.07) is 11.5. The molecular formula is C15H13BrN2O3. The summed E-state index contributed by atoms with van der Waals surface area (Å²) < 4.78 is 5.79. The Morgan fingerprint density at radius 2 is 2.00 bits per heavy atom. The molecule has 0 aliphatic carbocycles. The van der Waals surface area contributed by atoms with Crippen molar-refractivity contribution < 1.29 is 14.6 Å². The molecule has 0 saturated carbocycles. The Morgan fingerprint density at radius 3 is 2.67 bits per heavy atom. The molecule has 0 heterocycles. The second kappa shape index (κ2) is 6.90. The molecule has 0 fully saturated rings. The van der Waals surface area contributed by atoms with Gasteiger partial charge < -0.3 is 9.84 Å². The molecule has 2 aromatic rings. The van der Waals surface area contributed by atoms with Crippen molar-refractivity contribution in [3.8, 4) is 11.5 Å². The highest BCUT2D eigenvalue weighted by atomic mass is 79.9. The third-order valence-corrected chi connectivity index (χ3v) is 3.42. The minimum Gasteiger partial charge on any atom is -0.508 e. The van der Waals surface area contributed by atoms with Crippen molar-refractivity contribution in [2.45, 2.75) is 0 Å². The van der Waals surface area contributed by atoms with Gasteiger partial charge in [0.05, 0.1) is 13.3 Å². The third kappa shape index (κ3) is 4.06. The summed E-state index contributed by atoms with van der Waals surface area (Å²) in [4.78, 5) is 11.9. The Kier molecular flexibility index (Phi) is 4.94. The number of hydrogen-bond acceptors (Lipinski definition) is 4. The van der Waals surface area contributed by atoms with Gasteiger partial charge in [0.25, 0.3) is 5.91 Å².